The molecule has 8 heteroatoms. The van der Waals surface area contributed by atoms with Gasteiger partial charge in [0.2, 0.25) is 0 Å². The number of nitrogens with zero attached hydrogens (tertiary/aromatic N) is 5. The summed E-state index contributed by atoms with van der Waals surface area (Å²) in [5.41, 5.74) is 2.57. The van der Waals surface area contributed by atoms with E-state index in [4.69, 9.17) is 0 Å². The van der Waals surface area contributed by atoms with Crippen molar-refractivity contribution in [3.63, 3.8) is 0 Å². The van der Waals surface area contributed by atoms with Crippen LogP contribution in [-0.2, 0) is 6.54 Å². The molecule has 1 saturated heterocycles. The number of aliphatic imine (C=N–C) groups is 1. The molecular weight excluding hydrogens is 470 g/mol. The van der Waals surface area contributed by atoms with Crippen molar-refractivity contribution < 1.29 is 4.39 Å². The predicted octanol–water partition coefficient (Wildman–Crippen LogP) is 2.99. The van der Waals surface area contributed by atoms with Gasteiger partial charge in [-0.25, -0.2) is 9.37 Å². The van der Waals surface area contributed by atoms with Gasteiger partial charge in [-0.15, -0.1) is 24.0 Å². The number of hydrogen-bond acceptors (Lipinski definition) is 3. The van der Waals surface area contributed by atoms with Gasteiger partial charge >= 0.3 is 0 Å². The standard InChI is InChI=1S/C20H23FN6.HI/c1-22-20(23-14-16-15-27-9-5-4-8-19(27)24-16)26-12-10-25(11-13-26)18-7-3-2-6-17(18)21;/h2-9,15H,10-14H2,1H3,(H,22,23);1H. The largest absolute Gasteiger partial charge is 0.366 e. The molecule has 28 heavy (non-hydrogen) atoms. The molecule has 0 spiro atoms. The van der Waals surface area contributed by atoms with E-state index in [1.165, 1.54) is 6.07 Å². The lowest BCUT2D eigenvalue weighted by Gasteiger charge is -2.37. The number of guanidine groups is 1. The molecular formula is C20H24FIN6. The van der Waals surface area contributed by atoms with Crippen LogP contribution >= 0.6 is 24.0 Å². The summed E-state index contributed by atoms with van der Waals surface area (Å²) < 4.78 is 16.0. The molecule has 0 bridgehead atoms. The summed E-state index contributed by atoms with van der Waals surface area (Å²) in [7, 11) is 1.79. The minimum absolute atomic E-state index is 0. The summed E-state index contributed by atoms with van der Waals surface area (Å²) in [5, 5.41) is 3.39. The molecule has 0 saturated carbocycles. The van der Waals surface area contributed by atoms with Gasteiger partial charge in [-0.1, -0.05) is 18.2 Å². The van der Waals surface area contributed by atoms with Crippen molar-refractivity contribution in [1.82, 2.24) is 19.6 Å². The second-order valence-electron chi connectivity index (χ2n) is 6.52. The average molecular weight is 494 g/mol. The van der Waals surface area contributed by atoms with Crippen LogP contribution in [0.3, 0.4) is 0 Å². The Morgan fingerprint density at radius 3 is 2.57 bits per heavy atom. The Hall–Kier alpha value is -2.36. The van der Waals surface area contributed by atoms with Crippen molar-refractivity contribution in [3.05, 3.63) is 66.4 Å². The highest BCUT2D eigenvalue weighted by atomic mass is 127. The minimum Gasteiger partial charge on any atom is -0.366 e. The number of piperazine rings is 1. The van der Waals surface area contributed by atoms with E-state index in [-0.39, 0.29) is 29.8 Å². The highest BCUT2D eigenvalue weighted by Gasteiger charge is 2.21. The van der Waals surface area contributed by atoms with Gasteiger partial charge in [0.05, 0.1) is 17.9 Å². The smallest absolute Gasteiger partial charge is 0.194 e. The molecule has 2 aromatic heterocycles. The lowest BCUT2D eigenvalue weighted by molar-refractivity contribution is 0.370. The topological polar surface area (TPSA) is 48.2 Å². The Balaban J connectivity index is 0.00000225. The summed E-state index contributed by atoms with van der Waals surface area (Å²) in [6, 6.07) is 12.9. The van der Waals surface area contributed by atoms with Crippen LogP contribution in [0.4, 0.5) is 10.1 Å². The number of benzene rings is 1. The lowest BCUT2D eigenvalue weighted by Crippen LogP contribution is -2.52. The van der Waals surface area contributed by atoms with Crippen molar-refractivity contribution in [2.24, 2.45) is 4.99 Å². The fraction of sp³-hybridized carbons (Fsp3) is 0.300. The number of rotatable bonds is 3. The van der Waals surface area contributed by atoms with E-state index in [2.05, 4.69) is 25.1 Å². The highest BCUT2D eigenvalue weighted by molar-refractivity contribution is 14.0. The maximum Gasteiger partial charge on any atom is 0.194 e. The van der Waals surface area contributed by atoms with Crippen LogP contribution in [0, 0.1) is 5.82 Å². The molecule has 6 nitrogen and oxygen atoms in total. The summed E-state index contributed by atoms with van der Waals surface area (Å²) in [6.45, 7) is 3.71. The second-order valence-corrected chi connectivity index (χ2v) is 6.52. The Kier molecular flexibility index (Phi) is 6.71. The molecule has 1 aliphatic rings. The molecule has 1 aromatic carbocycles. The summed E-state index contributed by atoms with van der Waals surface area (Å²) in [4.78, 5) is 13.3. The van der Waals surface area contributed by atoms with Crippen LogP contribution in [0.25, 0.3) is 5.65 Å². The first-order valence-corrected chi connectivity index (χ1v) is 9.12. The SMILES string of the molecule is CN=C(NCc1cn2ccccc2n1)N1CCN(c2ccccc2F)CC1.I. The Bertz CT molecular complexity index is 916. The van der Waals surface area contributed by atoms with Gasteiger partial charge in [-0.05, 0) is 24.3 Å². The number of aromatic nitrogens is 2. The first-order valence-electron chi connectivity index (χ1n) is 9.12. The molecule has 3 heterocycles. The number of halogens is 2. The molecule has 0 unspecified atom stereocenters. The first kappa shape index (κ1) is 20.4. The van der Waals surface area contributed by atoms with Crippen molar-refractivity contribution in [2.45, 2.75) is 6.54 Å². The highest BCUT2D eigenvalue weighted by Crippen LogP contribution is 2.20. The molecule has 4 rings (SSSR count). The van der Waals surface area contributed by atoms with Gasteiger partial charge in [0.25, 0.3) is 0 Å². The van der Waals surface area contributed by atoms with Crippen molar-refractivity contribution >= 4 is 41.3 Å². The van der Waals surface area contributed by atoms with Crippen molar-refractivity contribution in [3.8, 4) is 0 Å². The molecule has 1 N–H and O–H groups in total. The van der Waals surface area contributed by atoms with Crippen LogP contribution in [0.5, 0.6) is 0 Å². The van der Waals surface area contributed by atoms with Crippen LogP contribution in [0.2, 0.25) is 0 Å². The van der Waals surface area contributed by atoms with E-state index in [1.807, 2.05) is 47.1 Å². The van der Waals surface area contributed by atoms with Crippen molar-refractivity contribution in [1.29, 1.82) is 0 Å². The average Bonchev–Trinajstić information content (AvgIpc) is 3.12. The van der Waals surface area contributed by atoms with E-state index in [9.17, 15) is 4.39 Å². The van der Waals surface area contributed by atoms with Crippen molar-refractivity contribution in [2.75, 3.05) is 38.1 Å². The monoisotopic (exact) mass is 494 g/mol. The number of hydrogen-bond donors (Lipinski definition) is 1. The molecule has 0 radical (unpaired) electrons. The zero-order chi connectivity index (χ0) is 18.6. The third-order valence-electron chi connectivity index (χ3n) is 4.83. The number of imidazole rings is 1. The zero-order valence-electron chi connectivity index (χ0n) is 15.8. The van der Waals surface area contributed by atoms with Crippen LogP contribution in [-0.4, -0.2) is 53.5 Å². The molecule has 0 aliphatic carbocycles. The number of pyridine rings is 1. The van der Waals surface area contributed by atoms with E-state index >= 15 is 0 Å². The van der Waals surface area contributed by atoms with E-state index in [0.717, 1.165) is 43.5 Å². The Morgan fingerprint density at radius 1 is 1.11 bits per heavy atom. The maximum absolute atomic E-state index is 14.0. The molecule has 3 aromatic rings. The maximum atomic E-state index is 14.0. The predicted molar refractivity (Wildman–Crippen MR) is 121 cm³/mol. The van der Waals surface area contributed by atoms with Gasteiger partial charge in [-0.2, -0.15) is 0 Å². The second kappa shape index (κ2) is 9.22. The van der Waals surface area contributed by atoms with Gasteiger partial charge < -0.3 is 19.5 Å². The van der Waals surface area contributed by atoms with Crippen LogP contribution < -0.4 is 10.2 Å². The first-order chi connectivity index (χ1) is 13.2. The fourth-order valence-corrected chi connectivity index (χ4v) is 3.44. The molecule has 1 aliphatic heterocycles. The third-order valence-corrected chi connectivity index (χ3v) is 4.83. The van der Waals surface area contributed by atoms with Gasteiger partial charge in [0, 0.05) is 45.6 Å². The van der Waals surface area contributed by atoms with Crippen LogP contribution in [0.15, 0.2) is 59.9 Å². The third kappa shape index (κ3) is 4.37. The fourth-order valence-electron chi connectivity index (χ4n) is 3.44. The molecule has 1 fully saturated rings. The zero-order valence-corrected chi connectivity index (χ0v) is 18.1. The number of nitrogens with one attached hydrogen (secondary N) is 1. The minimum atomic E-state index is -0.166. The van der Waals surface area contributed by atoms with Gasteiger partial charge in [0.15, 0.2) is 5.96 Å². The Labute approximate surface area is 181 Å². The van der Waals surface area contributed by atoms with E-state index in [1.54, 1.807) is 13.1 Å². The summed E-state index contributed by atoms with van der Waals surface area (Å²) in [5.74, 6) is 0.681. The molecule has 0 atom stereocenters. The normalized spacial score (nSPS) is 14.9. The van der Waals surface area contributed by atoms with E-state index in [0.29, 0.717) is 12.2 Å². The lowest BCUT2D eigenvalue weighted by atomic mass is 10.2. The number of anilines is 1. The molecule has 148 valence electrons. The summed E-state index contributed by atoms with van der Waals surface area (Å²) in [6.07, 6.45) is 4.01. The van der Waals surface area contributed by atoms with Crippen LogP contribution in [0.1, 0.15) is 5.69 Å². The summed E-state index contributed by atoms with van der Waals surface area (Å²) >= 11 is 0. The Morgan fingerprint density at radius 2 is 1.86 bits per heavy atom. The van der Waals surface area contributed by atoms with E-state index < -0.39 is 0 Å². The van der Waals surface area contributed by atoms with Gasteiger partial charge in [-0.3, -0.25) is 4.99 Å². The quantitative estimate of drug-likeness (QED) is 0.346. The van der Waals surface area contributed by atoms with Gasteiger partial charge in [0.1, 0.15) is 11.5 Å². The molecule has 0 amide bonds. The number of para-hydroxylation sites is 1. The number of fused-ring (bicyclic) bond motifs is 1.